The molecule has 0 fully saturated rings. The monoisotopic (exact) mass is 421 g/mol. The Morgan fingerprint density at radius 1 is 1.13 bits per heavy atom. The van der Waals surface area contributed by atoms with Crippen molar-refractivity contribution in [2.24, 2.45) is 0 Å². The van der Waals surface area contributed by atoms with Crippen molar-refractivity contribution in [1.82, 2.24) is 9.97 Å². The van der Waals surface area contributed by atoms with Gasteiger partial charge in [0.2, 0.25) is 5.95 Å². The van der Waals surface area contributed by atoms with Crippen molar-refractivity contribution < 1.29 is 9.32 Å². The molecular weight excluding hydrogens is 398 g/mol. The summed E-state index contributed by atoms with van der Waals surface area (Å²) >= 11 is 0. The van der Waals surface area contributed by atoms with Crippen LogP contribution in [0.1, 0.15) is 18.1 Å². The summed E-state index contributed by atoms with van der Waals surface area (Å²) in [6.07, 6.45) is 3.00. The molecule has 2 aromatic carbocycles. The highest BCUT2D eigenvalue weighted by Crippen LogP contribution is 2.20. The Morgan fingerprint density at radius 3 is 2.47 bits per heavy atom. The lowest BCUT2D eigenvalue weighted by molar-refractivity contribution is 0.281. The molecule has 4 N–H and O–H groups in total. The predicted molar refractivity (Wildman–Crippen MR) is 119 cm³/mol. The third-order valence-electron chi connectivity index (χ3n) is 4.12. The van der Waals surface area contributed by atoms with Crippen LogP contribution in [0.4, 0.5) is 17.5 Å². The number of rotatable bonds is 6. The van der Waals surface area contributed by atoms with Crippen molar-refractivity contribution in [3.05, 3.63) is 71.9 Å². The number of anilines is 3. The highest BCUT2D eigenvalue weighted by atomic mass is 32.2. The van der Waals surface area contributed by atoms with E-state index in [1.165, 1.54) is 6.26 Å². The predicted octanol–water partition coefficient (Wildman–Crippen LogP) is 3.45. The van der Waals surface area contributed by atoms with Crippen molar-refractivity contribution >= 4 is 27.2 Å². The van der Waals surface area contributed by atoms with Gasteiger partial charge in [-0.3, -0.25) is 0 Å². The lowest BCUT2D eigenvalue weighted by atomic mass is 10.2. The first-order chi connectivity index (χ1) is 14.3. The number of hydrogen-bond acceptors (Lipinski definition) is 7. The molecule has 0 saturated heterocycles. The second kappa shape index (κ2) is 9.39. The molecule has 0 aliphatic rings. The highest BCUT2D eigenvalue weighted by Gasteiger charge is 2.10. The van der Waals surface area contributed by atoms with Gasteiger partial charge in [0, 0.05) is 28.4 Å². The van der Waals surface area contributed by atoms with Crippen molar-refractivity contribution in [3.63, 3.8) is 0 Å². The Bertz CT molecular complexity index is 1170. The molecule has 0 radical (unpaired) electrons. The summed E-state index contributed by atoms with van der Waals surface area (Å²) < 4.78 is 19.5. The molecule has 8 heteroatoms. The topological polar surface area (TPSA) is 111 Å². The Balaban J connectivity index is 1.87. The third-order valence-corrected chi connectivity index (χ3v) is 5.29. The van der Waals surface area contributed by atoms with Crippen LogP contribution in [0.2, 0.25) is 0 Å². The molecule has 0 saturated carbocycles. The van der Waals surface area contributed by atoms with Crippen LogP contribution in [0.5, 0.6) is 0 Å². The molecule has 154 valence electrons. The fourth-order valence-electron chi connectivity index (χ4n) is 2.51. The fourth-order valence-corrected chi connectivity index (χ4v) is 3.17. The molecule has 0 bridgehead atoms. The number of aliphatic hydroxyl groups excluding tert-OH is 1. The van der Waals surface area contributed by atoms with Gasteiger partial charge in [-0.2, -0.15) is 4.98 Å². The summed E-state index contributed by atoms with van der Waals surface area (Å²) in [7, 11) is -2.76. The molecule has 1 unspecified atom stereocenters. The van der Waals surface area contributed by atoms with Crippen molar-refractivity contribution in [2.75, 3.05) is 23.5 Å². The molecular formula is C22H23N5O2S. The lowest BCUT2D eigenvalue weighted by Gasteiger charge is -2.14. The van der Waals surface area contributed by atoms with Crippen LogP contribution in [0, 0.1) is 16.6 Å². The Morgan fingerprint density at radius 2 is 1.83 bits per heavy atom. The summed E-state index contributed by atoms with van der Waals surface area (Å²) in [6.45, 7) is 1.79. The van der Waals surface area contributed by atoms with Gasteiger partial charge in [-0.15, -0.1) is 0 Å². The van der Waals surface area contributed by atoms with Crippen molar-refractivity contribution in [2.45, 2.75) is 17.9 Å². The second-order valence-corrected chi connectivity index (χ2v) is 8.95. The lowest BCUT2D eigenvalue weighted by Crippen LogP contribution is -2.21. The highest BCUT2D eigenvalue weighted by molar-refractivity contribution is 7.91. The fraction of sp³-hybridized carbons (Fsp3) is 0.182. The first kappa shape index (κ1) is 21.3. The average molecular weight is 422 g/mol. The van der Waals surface area contributed by atoms with Crippen LogP contribution < -0.4 is 10.6 Å². The molecule has 3 rings (SSSR count). The molecule has 0 amide bonds. The summed E-state index contributed by atoms with van der Waals surface area (Å²) in [4.78, 5) is 9.29. The summed E-state index contributed by atoms with van der Waals surface area (Å²) in [5.74, 6) is 7.02. The largest absolute Gasteiger partial charge is 0.394 e. The zero-order valence-corrected chi connectivity index (χ0v) is 17.5. The number of benzene rings is 2. The van der Waals surface area contributed by atoms with Gasteiger partial charge in [0.05, 0.1) is 28.1 Å². The van der Waals surface area contributed by atoms with Crippen LogP contribution in [0.3, 0.4) is 0 Å². The molecule has 3 aromatic rings. The number of nitrogens with zero attached hydrogens (tertiary/aromatic N) is 2. The second-order valence-electron chi connectivity index (χ2n) is 6.79. The van der Waals surface area contributed by atoms with E-state index in [1.54, 1.807) is 30.5 Å². The van der Waals surface area contributed by atoms with E-state index in [1.807, 2.05) is 37.3 Å². The first-order valence-corrected chi connectivity index (χ1v) is 11.2. The standard InChI is InChI=1S/C22H23N5O2S/c1-16(15-28)25-21-18(9-8-17-6-4-3-5-7-17)14-24-22(27-21)26-19-10-12-20(13-11-19)30(2,23)29/h3-7,10-14,16,23,28H,15H2,1-2H3,(H2,24,25,26,27)/t16-,30?/m1/s1. The number of hydrogen-bond donors (Lipinski definition) is 4. The minimum absolute atomic E-state index is 0.0524. The normalized spacial score (nSPS) is 13.4. The van der Waals surface area contributed by atoms with E-state index in [4.69, 9.17) is 4.78 Å². The maximum Gasteiger partial charge on any atom is 0.229 e. The van der Waals surface area contributed by atoms with Gasteiger partial charge in [0.15, 0.2) is 0 Å². The molecule has 7 nitrogen and oxygen atoms in total. The third kappa shape index (κ3) is 5.80. The molecule has 1 heterocycles. The maximum atomic E-state index is 11.8. The SMILES string of the molecule is C[C@H](CO)Nc1nc(Nc2ccc(S(C)(=N)=O)cc2)ncc1C#Cc1ccccc1. The minimum Gasteiger partial charge on any atom is -0.394 e. The summed E-state index contributed by atoms with van der Waals surface area (Å²) in [5, 5.41) is 15.6. The van der Waals surface area contributed by atoms with Gasteiger partial charge in [0.25, 0.3) is 0 Å². The first-order valence-electron chi connectivity index (χ1n) is 9.27. The number of aromatic nitrogens is 2. The van der Waals surface area contributed by atoms with E-state index < -0.39 is 9.73 Å². The smallest absolute Gasteiger partial charge is 0.229 e. The van der Waals surface area contributed by atoms with Crippen LogP contribution in [0.25, 0.3) is 0 Å². The number of nitrogens with one attached hydrogen (secondary N) is 3. The van der Waals surface area contributed by atoms with E-state index in [-0.39, 0.29) is 12.6 Å². The quantitative estimate of drug-likeness (QED) is 0.454. The van der Waals surface area contributed by atoms with Crippen molar-refractivity contribution in [1.29, 1.82) is 4.78 Å². The van der Waals surface area contributed by atoms with Crippen LogP contribution in [-0.4, -0.2) is 38.2 Å². The van der Waals surface area contributed by atoms with E-state index in [0.717, 1.165) is 5.56 Å². The summed E-state index contributed by atoms with van der Waals surface area (Å²) in [6, 6.07) is 16.1. The van der Waals surface area contributed by atoms with E-state index in [0.29, 0.717) is 27.9 Å². The van der Waals surface area contributed by atoms with E-state index in [9.17, 15) is 9.32 Å². The van der Waals surface area contributed by atoms with Gasteiger partial charge in [-0.05, 0) is 43.3 Å². The van der Waals surface area contributed by atoms with Gasteiger partial charge in [0.1, 0.15) is 5.82 Å². The summed E-state index contributed by atoms with van der Waals surface area (Å²) in [5.41, 5.74) is 2.19. The molecule has 0 aliphatic heterocycles. The number of aliphatic hydroxyl groups is 1. The van der Waals surface area contributed by atoms with Gasteiger partial charge in [-0.25, -0.2) is 14.0 Å². The Labute approximate surface area is 176 Å². The molecule has 30 heavy (non-hydrogen) atoms. The van der Waals surface area contributed by atoms with Crippen LogP contribution in [0.15, 0.2) is 65.7 Å². The minimum atomic E-state index is -2.76. The zero-order chi connectivity index (χ0) is 21.6. The average Bonchev–Trinajstić information content (AvgIpc) is 2.73. The van der Waals surface area contributed by atoms with Crippen molar-refractivity contribution in [3.8, 4) is 11.8 Å². The molecule has 1 aromatic heterocycles. The molecule has 0 aliphatic carbocycles. The zero-order valence-electron chi connectivity index (χ0n) is 16.7. The van der Waals surface area contributed by atoms with Gasteiger partial charge in [-0.1, -0.05) is 30.0 Å². The van der Waals surface area contributed by atoms with E-state index >= 15 is 0 Å². The van der Waals surface area contributed by atoms with Gasteiger partial charge < -0.3 is 15.7 Å². The Kier molecular flexibility index (Phi) is 6.67. The van der Waals surface area contributed by atoms with Crippen LogP contribution >= 0.6 is 0 Å². The Hall–Kier alpha value is -3.41. The molecule has 2 atom stereocenters. The van der Waals surface area contributed by atoms with Crippen LogP contribution in [-0.2, 0) is 9.73 Å². The molecule has 0 spiro atoms. The van der Waals surface area contributed by atoms with Gasteiger partial charge >= 0.3 is 0 Å². The maximum absolute atomic E-state index is 11.8. The van der Waals surface area contributed by atoms with E-state index in [2.05, 4.69) is 32.4 Å².